The van der Waals surface area contributed by atoms with Crippen LogP contribution in [0, 0.1) is 5.92 Å². The van der Waals surface area contributed by atoms with E-state index in [4.69, 9.17) is 0 Å². The third-order valence-electron chi connectivity index (χ3n) is 2.87. The average Bonchev–Trinajstić information content (AvgIpc) is 2.81. The first-order chi connectivity index (χ1) is 6.27. The fourth-order valence-electron chi connectivity index (χ4n) is 1.98. The van der Waals surface area contributed by atoms with Crippen LogP contribution in [0.2, 0.25) is 0 Å². The molecule has 1 saturated carbocycles. The number of pyridine rings is 1. The second-order valence-electron chi connectivity index (χ2n) is 3.86. The van der Waals surface area contributed by atoms with Gasteiger partial charge in [-0.15, -0.1) is 0 Å². The molecule has 0 aliphatic heterocycles. The molecule has 1 heterocycles. The summed E-state index contributed by atoms with van der Waals surface area (Å²) in [4.78, 5) is 4.03. The van der Waals surface area contributed by atoms with Gasteiger partial charge in [-0.3, -0.25) is 4.98 Å². The minimum absolute atomic E-state index is 0.460. The zero-order valence-electron chi connectivity index (χ0n) is 7.90. The van der Waals surface area contributed by atoms with E-state index in [1.165, 1.54) is 0 Å². The summed E-state index contributed by atoms with van der Waals surface area (Å²) in [6.07, 6.45) is 6.69. The summed E-state index contributed by atoms with van der Waals surface area (Å²) in [5, 5.41) is 10.2. The predicted octanol–water partition coefficient (Wildman–Crippen LogP) is 2.09. The van der Waals surface area contributed by atoms with Gasteiger partial charge >= 0.3 is 0 Å². The van der Waals surface area contributed by atoms with Gasteiger partial charge < -0.3 is 5.11 Å². The molecule has 2 atom stereocenters. The number of aliphatic hydroxyl groups is 1. The number of hydrogen-bond donors (Lipinski definition) is 1. The first-order valence-corrected chi connectivity index (χ1v) is 4.90. The molecule has 13 heavy (non-hydrogen) atoms. The van der Waals surface area contributed by atoms with Crippen LogP contribution in [0.1, 0.15) is 31.7 Å². The Bertz CT molecular complexity index is 285. The van der Waals surface area contributed by atoms with E-state index in [2.05, 4.69) is 11.9 Å². The fourth-order valence-corrected chi connectivity index (χ4v) is 1.98. The lowest BCUT2D eigenvalue weighted by Crippen LogP contribution is -2.08. The maximum atomic E-state index is 10.2. The highest BCUT2D eigenvalue weighted by atomic mass is 16.3. The maximum absolute atomic E-state index is 10.2. The van der Waals surface area contributed by atoms with Crippen molar-refractivity contribution in [3.8, 4) is 0 Å². The summed E-state index contributed by atoms with van der Waals surface area (Å²) < 4.78 is 0. The van der Waals surface area contributed by atoms with E-state index in [1.807, 2.05) is 12.1 Å². The average molecular weight is 177 g/mol. The molecular formula is C11H15NO. The van der Waals surface area contributed by atoms with Crippen molar-refractivity contribution in [3.63, 3.8) is 0 Å². The molecule has 0 spiro atoms. The van der Waals surface area contributed by atoms with Gasteiger partial charge in [0.05, 0.1) is 5.60 Å². The summed E-state index contributed by atoms with van der Waals surface area (Å²) >= 11 is 0. The van der Waals surface area contributed by atoms with Crippen molar-refractivity contribution in [2.45, 2.75) is 31.8 Å². The van der Waals surface area contributed by atoms with Crippen molar-refractivity contribution in [1.29, 1.82) is 0 Å². The van der Waals surface area contributed by atoms with Gasteiger partial charge in [0.25, 0.3) is 0 Å². The second kappa shape index (κ2) is 3.11. The van der Waals surface area contributed by atoms with Gasteiger partial charge in [0.15, 0.2) is 0 Å². The molecule has 1 N–H and O–H groups in total. The normalized spacial score (nSPS) is 31.7. The van der Waals surface area contributed by atoms with Crippen molar-refractivity contribution in [1.82, 2.24) is 4.98 Å². The maximum Gasteiger partial charge on any atom is 0.0944 e. The SMILES string of the molecule is CCCC1CC1(O)c1cccnc1. The van der Waals surface area contributed by atoms with Crippen LogP contribution < -0.4 is 0 Å². The summed E-state index contributed by atoms with van der Waals surface area (Å²) in [6, 6.07) is 3.84. The number of rotatable bonds is 3. The largest absolute Gasteiger partial charge is 0.385 e. The Kier molecular flexibility index (Phi) is 2.08. The van der Waals surface area contributed by atoms with Gasteiger partial charge in [-0.2, -0.15) is 0 Å². The molecule has 1 aliphatic rings. The van der Waals surface area contributed by atoms with Crippen LogP contribution in [-0.4, -0.2) is 10.1 Å². The van der Waals surface area contributed by atoms with E-state index < -0.39 is 5.60 Å². The summed E-state index contributed by atoms with van der Waals surface area (Å²) in [7, 11) is 0. The van der Waals surface area contributed by atoms with Gasteiger partial charge in [0.1, 0.15) is 0 Å². The summed E-state index contributed by atoms with van der Waals surface area (Å²) in [6.45, 7) is 2.15. The van der Waals surface area contributed by atoms with Crippen LogP contribution in [0.3, 0.4) is 0 Å². The molecule has 0 bridgehead atoms. The highest BCUT2D eigenvalue weighted by Gasteiger charge is 2.53. The zero-order chi connectivity index (χ0) is 9.31. The molecule has 70 valence electrons. The summed E-state index contributed by atoms with van der Waals surface area (Å²) in [5.41, 5.74) is 0.429. The van der Waals surface area contributed by atoms with Crippen LogP contribution in [0.4, 0.5) is 0 Å². The van der Waals surface area contributed by atoms with Gasteiger partial charge in [0.2, 0.25) is 0 Å². The van der Waals surface area contributed by atoms with Crippen molar-refractivity contribution in [3.05, 3.63) is 30.1 Å². The molecular weight excluding hydrogens is 162 g/mol. The molecule has 1 aromatic heterocycles. The van der Waals surface area contributed by atoms with Gasteiger partial charge in [-0.05, 0) is 24.8 Å². The van der Waals surface area contributed by atoms with E-state index in [0.29, 0.717) is 5.92 Å². The highest BCUT2D eigenvalue weighted by molar-refractivity contribution is 5.26. The van der Waals surface area contributed by atoms with Crippen LogP contribution in [-0.2, 0) is 5.60 Å². The van der Waals surface area contributed by atoms with Crippen molar-refractivity contribution in [2.75, 3.05) is 0 Å². The molecule has 1 aliphatic carbocycles. The smallest absolute Gasteiger partial charge is 0.0944 e. The molecule has 2 nitrogen and oxygen atoms in total. The van der Waals surface area contributed by atoms with Gasteiger partial charge in [0, 0.05) is 18.0 Å². The number of hydrogen-bond acceptors (Lipinski definition) is 2. The van der Waals surface area contributed by atoms with Crippen molar-refractivity contribution < 1.29 is 5.11 Å². The lowest BCUT2D eigenvalue weighted by Gasteiger charge is -2.09. The molecule has 2 heteroatoms. The number of aromatic nitrogens is 1. The minimum Gasteiger partial charge on any atom is -0.385 e. The molecule has 0 amide bonds. The number of nitrogens with zero attached hydrogens (tertiary/aromatic N) is 1. The van der Waals surface area contributed by atoms with Crippen LogP contribution in [0.25, 0.3) is 0 Å². The van der Waals surface area contributed by atoms with E-state index in [0.717, 1.165) is 24.8 Å². The monoisotopic (exact) mass is 177 g/mol. The zero-order valence-corrected chi connectivity index (χ0v) is 7.90. The van der Waals surface area contributed by atoms with Crippen molar-refractivity contribution in [2.24, 2.45) is 5.92 Å². The van der Waals surface area contributed by atoms with E-state index in [1.54, 1.807) is 12.4 Å². The Morgan fingerprint density at radius 2 is 2.54 bits per heavy atom. The second-order valence-corrected chi connectivity index (χ2v) is 3.86. The highest BCUT2D eigenvalue weighted by Crippen LogP contribution is 2.53. The van der Waals surface area contributed by atoms with Gasteiger partial charge in [-0.1, -0.05) is 19.4 Å². The van der Waals surface area contributed by atoms with E-state index >= 15 is 0 Å². The van der Waals surface area contributed by atoms with Crippen LogP contribution >= 0.6 is 0 Å². The molecule has 0 saturated heterocycles. The Balaban J connectivity index is 2.11. The van der Waals surface area contributed by atoms with E-state index in [9.17, 15) is 5.11 Å². The molecule has 2 rings (SSSR count). The van der Waals surface area contributed by atoms with Crippen molar-refractivity contribution >= 4 is 0 Å². The minimum atomic E-state index is -0.551. The molecule has 1 aromatic rings. The molecule has 1 fully saturated rings. The Labute approximate surface area is 78.6 Å². The third kappa shape index (κ3) is 1.46. The molecule has 2 unspecified atom stereocenters. The predicted molar refractivity (Wildman–Crippen MR) is 51.1 cm³/mol. The quantitative estimate of drug-likeness (QED) is 0.766. The Morgan fingerprint density at radius 1 is 1.69 bits per heavy atom. The Morgan fingerprint density at radius 3 is 3.15 bits per heavy atom. The molecule has 0 aromatic carbocycles. The van der Waals surface area contributed by atoms with E-state index in [-0.39, 0.29) is 0 Å². The third-order valence-corrected chi connectivity index (χ3v) is 2.87. The standard InChI is InChI=1S/C11H15NO/c1-2-4-9-7-11(9,13)10-5-3-6-12-8-10/h3,5-6,8-9,13H,2,4,7H2,1H3. The lowest BCUT2D eigenvalue weighted by molar-refractivity contribution is 0.128. The summed E-state index contributed by atoms with van der Waals surface area (Å²) in [5.74, 6) is 0.460. The fraction of sp³-hybridized carbons (Fsp3) is 0.545. The molecule has 0 radical (unpaired) electrons. The first kappa shape index (κ1) is 8.70. The Hall–Kier alpha value is -0.890. The van der Waals surface area contributed by atoms with Crippen LogP contribution in [0.15, 0.2) is 24.5 Å². The van der Waals surface area contributed by atoms with Crippen LogP contribution in [0.5, 0.6) is 0 Å². The topological polar surface area (TPSA) is 33.1 Å². The van der Waals surface area contributed by atoms with Gasteiger partial charge in [-0.25, -0.2) is 0 Å². The first-order valence-electron chi connectivity index (χ1n) is 4.90. The lowest BCUT2D eigenvalue weighted by atomic mass is 10.1.